The van der Waals surface area contributed by atoms with Gasteiger partial charge in [0, 0.05) is 30.5 Å². The van der Waals surface area contributed by atoms with Gasteiger partial charge in [0.25, 0.3) is 0 Å². The summed E-state index contributed by atoms with van der Waals surface area (Å²) >= 11 is 0. The van der Waals surface area contributed by atoms with E-state index in [-0.39, 0.29) is 5.91 Å². The second kappa shape index (κ2) is 7.17. The first kappa shape index (κ1) is 16.7. The van der Waals surface area contributed by atoms with E-state index in [9.17, 15) is 14.4 Å². The highest BCUT2D eigenvalue weighted by molar-refractivity contribution is 6.44. The van der Waals surface area contributed by atoms with Crippen LogP contribution in [0.2, 0.25) is 0 Å². The topological polar surface area (TPSA) is 78.5 Å². The lowest BCUT2D eigenvalue weighted by Crippen LogP contribution is -2.42. The third-order valence-electron chi connectivity index (χ3n) is 4.01. The van der Waals surface area contributed by atoms with Gasteiger partial charge in [-0.3, -0.25) is 14.4 Å². The normalized spacial score (nSPS) is 12.9. The predicted octanol–water partition coefficient (Wildman–Crippen LogP) is 2.56. The number of fused-ring (bicyclic) bond motifs is 1. The lowest BCUT2D eigenvalue weighted by molar-refractivity contribution is -0.134. The highest BCUT2D eigenvalue weighted by Crippen LogP contribution is 2.27. The van der Waals surface area contributed by atoms with Crippen LogP contribution in [0.15, 0.2) is 48.5 Å². The van der Waals surface area contributed by atoms with E-state index in [1.807, 2.05) is 24.3 Å². The van der Waals surface area contributed by atoms with E-state index in [0.29, 0.717) is 17.9 Å². The van der Waals surface area contributed by atoms with Gasteiger partial charge in [0.2, 0.25) is 5.91 Å². The molecule has 0 aromatic heterocycles. The highest BCUT2D eigenvalue weighted by Gasteiger charge is 2.27. The molecule has 3 amide bonds. The van der Waals surface area contributed by atoms with Crippen molar-refractivity contribution in [2.75, 3.05) is 22.1 Å². The molecule has 0 aliphatic carbocycles. The van der Waals surface area contributed by atoms with Gasteiger partial charge < -0.3 is 15.5 Å². The Balaban J connectivity index is 1.69. The SMILES string of the molecule is CC(=O)Nc1ccc(NC(=O)C(=O)N2CCCc3ccccc32)cc1. The maximum atomic E-state index is 12.5. The number of rotatable bonds is 2. The summed E-state index contributed by atoms with van der Waals surface area (Å²) in [5, 5.41) is 5.25. The van der Waals surface area contributed by atoms with Crippen LogP contribution in [0, 0.1) is 0 Å². The van der Waals surface area contributed by atoms with Crippen LogP contribution in [0.25, 0.3) is 0 Å². The van der Waals surface area contributed by atoms with Crippen molar-refractivity contribution in [1.29, 1.82) is 0 Å². The molecular weight excluding hydrogens is 318 g/mol. The Bertz CT molecular complexity index is 815. The molecule has 0 spiro atoms. The molecule has 1 heterocycles. The number of para-hydroxylation sites is 1. The molecule has 0 atom stereocenters. The Kier molecular flexibility index (Phi) is 4.79. The minimum Gasteiger partial charge on any atom is -0.326 e. The summed E-state index contributed by atoms with van der Waals surface area (Å²) in [6.45, 7) is 1.95. The van der Waals surface area contributed by atoms with Crippen molar-refractivity contribution in [1.82, 2.24) is 0 Å². The van der Waals surface area contributed by atoms with Crippen molar-refractivity contribution in [2.45, 2.75) is 19.8 Å². The molecule has 2 N–H and O–H groups in total. The van der Waals surface area contributed by atoms with Crippen molar-refractivity contribution < 1.29 is 14.4 Å². The Labute approximate surface area is 145 Å². The van der Waals surface area contributed by atoms with E-state index >= 15 is 0 Å². The fourth-order valence-electron chi connectivity index (χ4n) is 2.89. The first-order chi connectivity index (χ1) is 12.0. The second-order valence-corrected chi connectivity index (χ2v) is 5.90. The van der Waals surface area contributed by atoms with E-state index in [4.69, 9.17) is 0 Å². The fraction of sp³-hybridized carbons (Fsp3) is 0.211. The van der Waals surface area contributed by atoms with Crippen LogP contribution >= 0.6 is 0 Å². The fourth-order valence-corrected chi connectivity index (χ4v) is 2.89. The van der Waals surface area contributed by atoms with Gasteiger partial charge in [-0.1, -0.05) is 18.2 Å². The molecule has 0 fully saturated rings. The Hall–Kier alpha value is -3.15. The van der Waals surface area contributed by atoms with Crippen LogP contribution < -0.4 is 15.5 Å². The minimum atomic E-state index is -0.677. The quantitative estimate of drug-likeness (QED) is 0.827. The molecule has 0 radical (unpaired) electrons. The average Bonchev–Trinajstić information content (AvgIpc) is 2.62. The summed E-state index contributed by atoms with van der Waals surface area (Å²) in [7, 11) is 0. The monoisotopic (exact) mass is 337 g/mol. The molecule has 1 aliphatic heterocycles. The Morgan fingerprint density at radius 1 is 0.920 bits per heavy atom. The second-order valence-electron chi connectivity index (χ2n) is 5.90. The molecule has 2 aromatic rings. The van der Waals surface area contributed by atoms with E-state index in [0.717, 1.165) is 24.1 Å². The number of anilines is 3. The van der Waals surface area contributed by atoms with Gasteiger partial charge in [-0.05, 0) is 48.7 Å². The zero-order valence-corrected chi connectivity index (χ0v) is 13.9. The van der Waals surface area contributed by atoms with Crippen LogP contribution in [0.4, 0.5) is 17.1 Å². The van der Waals surface area contributed by atoms with Crippen LogP contribution in [0.1, 0.15) is 18.9 Å². The number of benzene rings is 2. The highest BCUT2D eigenvalue weighted by atomic mass is 16.2. The lowest BCUT2D eigenvalue weighted by atomic mass is 10.0. The zero-order chi connectivity index (χ0) is 17.8. The maximum absolute atomic E-state index is 12.5. The Morgan fingerprint density at radius 3 is 2.24 bits per heavy atom. The molecule has 0 bridgehead atoms. The molecule has 0 saturated heterocycles. The molecule has 1 aliphatic rings. The molecule has 0 unspecified atom stereocenters. The van der Waals surface area contributed by atoms with Gasteiger partial charge in [0.1, 0.15) is 0 Å². The molecule has 25 heavy (non-hydrogen) atoms. The maximum Gasteiger partial charge on any atom is 0.316 e. The first-order valence-electron chi connectivity index (χ1n) is 8.13. The van der Waals surface area contributed by atoms with Crippen molar-refractivity contribution in [3.05, 3.63) is 54.1 Å². The summed E-state index contributed by atoms with van der Waals surface area (Å²) in [6, 6.07) is 14.2. The standard InChI is InChI=1S/C19H19N3O3/c1-13(23)20-15-8-10-16(11-9-15)21-18(24)19(25)22-12-4-6-14-5-2-3-7-17(14)22/h2-3,5,7-11H,4,6,12H2,1H3,(H,20,23)(H,21,24). The largest absolute Gasteiger partial charge is 0.326 e. The number of amides is 3. The molecular formula is C19H19N3O3. The third kappa shape index (κ3) is 3.85. The molecule has 2 aromatic carbocycles. The first-order valence-corrected chi connectivity index (χ1v) is 8.13. The number of aryl methyl sites for hydroxylation is 1. The van der Waals surface area contributed by atoms with Gasteiger partial charge in [-0.2, -0.15) is 0 Å². The number of hydrogen-bond donors (Lipinski definition) is 2. The van der Waals surface area contributed by atoms with Gasteiger partial charge >= 0.3 is 11.8 Å². The number of nitrogens with one attached hydrogen (secondary N) is 2. The number of hydrogen-bond acceptors (Lipinski definition) is 3. The lowest BCUT2D eigenvalue weighted by Gasteiger charge is -2.28. The summed E-state index contributed by atoms with van der Waals surface area (Å²) in [4.78, 5) is 37.4. The van der Waals surface area contributed by atoms with Gasteiger partial charge in [-0.25, -0.2) is 0 Å². The number of nitrogens with zero attached hydrogens (tertiary/aromatic N) is 1. The smallest absolute Gasteiger partial charge is 0.316 e. The van der Waals surface area contributed by atoms with Crippen molar-refractivity contribution in [3.63, 3.8) is 0 Å². The zero-order valence-electron chi connectivity index (χ0n) is 13.9. The minimum absolute atomic E-state index is 0.171. The van der Waals surface area contributed by atoms with Crippen LogP contribution in [-0.4, -0.2) is 24.3 Å². The average molecular weight is 337 g/mol. The molecule has 3 rings (SSSR count). The van der Waals surface area contributed by atoms with Crippen LogP contribution in [0.3, 0.4) is 0 Å². The van der Waals surface area contributed by atoms with Crippen LogP contribution in [0.5, 0.6) is 0 Å². The van der Waals surface area contributed by atoms with Crippen molar-refractivity contribution in [2.24, 2.45) is 0 Å². The summed E-state index contributed by atoms with van der Waals surface area (Å²) in [6.07, 6.45) is 1.74. The van der Waals surface area contributed by atoms with E-state index in [2.05, 4.69) is 10.6 Å². The molecule has 6 heteroatoms. The number of carbonyl (C=O) groups is 3. The summed E-state index contributed by atoms with van der Waals surface area (Å²) < 4.78 is 0. The van der Waals surface area contributed by atoms with Crippen molar-refractivity contribution >= 4 is 34.8 Å². The molecule has 0 saturated carbocycles. The van der Waals surface area contributed by atoms with Crippen molar-refractivity contribution in [3.8, 4) is 0 Å². The molecule has 6 nitrogen and oxygen atoms in total. The summed E-state index contributed by atoms with van der Waals surface area (Å²) in [5.74, 6) is -1.42. The third-order valence-corrected chi connectivity index (χ3v) is 4.01. The summed E-state index contributed by atoms with van der Waals surface area (Å²) in [5.41, 5.74) is 3.00. The number of carbonyl (C=O) groups excluding carboxylic acids is 3. The van der Waals surface area contributed by atoms with E-state index in [1.54, 1.807) is 24.3 Å². The van der Waals surface area contributed by atoms with Crippen LogP contribution in [-0.2, 0) is 20.8 Å². The van der Waals surface area contributed by atoms with Gasteiger partial charge in [-0.15, -0.1) is 0 Å². The van der Waals surface area contributed by atoms with Gasteiger partial charge in [0.05, 0.1) is 0 Å². The molecule has 128 valence electrons. The Morgan fingerprint density at radius 2 is 1.56 bits per heavy atom. The van der Waals surface area contributed by atoms with E-state index < -0.39 is 11.8 Å². The van der Waals surface area contributed by atoms with Gasteiger partial charge in [0.15, 0.2) is 0 Å². The van der Waals surface area contributed by atoms with E-state index in [1.165, 1.54) is 11.8 Å². The predicted molar refractivity (Wildman–Crippen MR) is 96.5 cm³/mol.